The molecule has 8 fully saturated rings. The molecule has 0 bridgehead atoms. The van der Waals surface area contributed by atoms with Gasteiger partial charge < -0.3 is 59.1 Å². The van der Waals surface area contributed by atoms with Gasteiger partial charge in [0.05, 0.1) is 37.1 Å². The minimum Gasteiger partial charge on any atom is -0.393 e. The van der Waals surface area contributed by atoms with Crippen molar-refractivity contribution in [3.05, 3.63) is 0 Å². The number of hydrogen-bond donors (Lipinski definition) is 6. The number of aliphatic hydroxyl groups excluding tert-OH is 6. The Labute approximate surface area is 306 Å². The van der Waals surface area contributed by atoms with Gasteiger partial charge in [0.1, 0.15) is 36.6 Å². The highest BCUT2D eigenvalue weighted by Gasteiger charge is 2.71. The zero-order valence-corrected chi connectivity index (χ0v) is 31.5. The molecule has 1 spiro atoms. The maximum atomic E-state index is 13.5. The first kappa shape index (κ1) is 38.1. The lowest BCUT2D eigenvalue weighted by Gasteiger charge is -2.63. The van der Waals surface area contributed by atoms with Gasteiger partial charge in [0.25, 0.3) is 0 Å². The Morgan fingerprint density at radius 3 is 2.10 bits per heavy atom. The molecule has 4 saturated carbocycles. The van der Waals surface area contributed by atoms with Crippen molar-refractivity contribution in [1.29, 1.82) is 0 Å². The van der Waals surface area contributed by atoms with Crippen molar-refractivity contribution in [2.75, 3.05) is 6.61 Å². The number of hydrogen-bond acceptors (Lipinski definition) is 13. The predicted octanol–water partition coefficient (Wildman–Crippen LogP) is 1.65. The third-order valence-corrected chi connectivity index (χ3v) is 15.9. The number of Topliss-reactive ketones (excluding diaryl/α,β-unsaturated/α-hetero) is 1. The summed E-state index contributed by atoms with van der Waals surface area (Å²) < 4.78 is 37.7. The monoisotopic (exact) mass is 738 g/mol. The Kier molecular flexibility index (Phi) is 9.82. The first-order valence-electron chi connectivity index (χ1n) is 20.1. The summed E-state index contributed by atoms with van der Waals surface area (Å²) in [5.41, 5.74) is -0.177. The largest absolute Gasteiger partial charge is 0.393 e. The van der Waals surface area contributed by atoms with Gasteiger partial charge >= 0.3 is 0 Å². The summed E-state index contributed by atoms with van der Waals surface area (Å²) in [7, 11) is 0. The van der Waals surface area contributed by atoms with E-state index in [1.165, 1.54) is 6.92 Å². The second-order valence-corrected chi connectivity index (χ2v) is 18.8. The van der Waals surface area contributed by atoms with Gasteiger partial charge in [-0.15, -0.1) is 0 Å². The van der Waals surface area contributed by atoms with Crippen LogP contribution in [0.25, 0.3) is 0 Å². The number of fused-ring (bicyclic) bond motifs is 7. The molecule has 296 valence electrons. The van der Waals surface area contributed by atoms with E-state index in [0.717, 1.165) is 32.1 Å². The number of carbonyl (C=O) groups excluding carboxylic acids is 1. The molecular formula is C39H62O13. The van der Waals surface area contributed by atoms with Crippen molar-refractivity contribution >= 4 is 5.78 Å². The lowest BCUT2D eigenvalue weighted by atomic mass is 9.43. The molecule has 4 aliphatic heterocycles. The Hall–Kier alpha value is -0.810. The minimum atomic E-state index is -1.61. The summed E-state index contributed by atoms with van der Waals surface area (Å²) >= 11 is 0. The SMILES string of the molecule is C[C@@H]1CO[C@@]2(O[C@H]3C[C@H]4[C@@H]5C[C@H](O[C@@H]6O[C@H](C)[C@@H](O)[C@H](O[C@@H]7O[C@@H](C)[C@H](O)[C@@H](O)[C@H]7O)[C@H]6O)[C@H]6C[C@@H](O)CC[C@]6(C)[C@H]5CC[C@]4(C)[C@H]3[C@@H]2C)C(=O)C1. The van der Waals surface area contributed by atoms with Gasteiger partial charge in [-0.1, -0.05) is 27.7 Å². The van der Waals surface area contributed by atoms with E-state index in [-0.39, 0.29) is 58.4 Å². The molecule has 0 aromatic rings. The van der Waals surface area contributed by atoms with E-state index in [1.54, 1.807) is 6.92 Å². The van der Waals surface area contributed by atoms with E-state index in [1.807, 2.05) is 6.92 Å². The van der Waals surface area contributed by atoms with E-state index >= 15 is 0 Å². The van der Waals surface area contributed by atoms with Gasteiger partial charge in [0.15, 0.2) is 18.4 Å². The predicted molar refractivity (Wildman–Crippen MR) is 182 cm³/mol. The summed E-state index contributed by atoms with van der Waals surface area (Å²) in [5.74, 6) is 0.299. The van der Waals surface area contributed by atoms with Gasteiger partial charge in [0.2, 0.25) is 5.79 Å². The van der Waals surface area contributed by atoms with Crippen LogP contribution in [0.5, 0.6) is 0 Å². The van der Waals surface area contributed by atoms with E-state index in [4.69, 9.17) is 28.4 Å². The van der Waals surface area contributed by atoms with Crippen LogP contribution in [0, 0.1) is 52.3 Å². The van der Waals surface area contributed by atoms with Crippen molar-refractivity contribution in [2.45, 2.75) is 178 Å². The molecule has 0 radical (unpaired) electrons. The lowest BCUT2D eigenvalue weighted by Crippen LogP contribution is -2.64. The minimum absolute atomic E-state index is 0.00904. The van der Waals surface area contributed by atoms with E-state index in [2.05, 4.69) is 20.8 Å². The maximum Gasteiger partial charge on any atom is 0.232 e. The topological polar surface area (TPSA) is 194 Å². The van der Waals surface area contributed by atoms with Crippen LogP contribution in [-0.4, -0.2) is 129 Å². The molecule has 23 atom stereocenters. The molecule has 4 aliphatic carbocycles. The molecule has 0 aromatic carbocycles. The van der Waals surface area contributed by atoms with Crippen molar-refractivity contribution in [1.82, 2.24) is 0 Å². The first-order chi connectivity index (χ1) is 24.5. The highest BCUT2D eigenvalue weighted by atomic mass is 16.7. The Morgan fingerprint density at radius 1 is 0.712 bits per heavy atom. The molecule has 52 heavy (non-hydrogen) atoms. The molecule has 0 unspecified atom stereocenters. The van der Waals surface area contributed by atoms with E-state index in [9.17, 15) is 35.4 Å². The van der Waals surface area contributed by atoms with Gasteiger partial charge in [-0.2, -0.15) is 0 Å². The van der Waals surface area contributed by atoms with Crippen LogP contribution < -0.4 is 0 Å². The van der Waals surface area contributed by atoms with Gasteiger partial charge in [-0.25, -0.2) is 0 Å². The fraction of sp³-hybridized carbons (Fsp3) is 0.974. The average molecular weight is 739 g/mol. The number of carbonyl (C=O) groups is 1. The number of rotatable bonds is 4. The third kappa shape index (κ3) is 5.65. The molecule has 0 aromatic heterocycles. The molecule has 13 heteroatoms. The van der Waals surface area contributed by atoms with Crippen molar-refractivity contribution in [3.8, 4) is 0 Å². The summed E-state index contributed by atoms with van der Waals surface area (Å²) in [6.07, 6.45) is -7.36. The molecule has 8 aliphatic rings. The van der Waals surface area contributed by atoms with Crippen LogP contribution >= 0.6 is 0 Å². The van der Waals surface area contributed by atoms with Crippen molar-refractivity contribution in [2.24, 2.45) is 52.3 Å². The quantitative estimate of drug-likeness (QED) is 0.228. The number of ether oxygens (including phenoxy) is 6. The van der Waals surface area contributed by atoms with Crippen molar-refractivity contribution < 1.29 is 63.9 Å². The van der Waals surface area contributed by atoms with Gasteiger partial charge in [-0.3, -0.25) is 4.79 Å². The molecule has 0 amide bonds. The molecule has 8 rings (SSSR count). The van der Waals surface area contributed by atoms with Crippen LogP contribution in [0.2, 0.25) is 0 Å². The lowest BCUT2D eigenvalue weighted by molar-refractivity contribution is -0.363. The highest BCUT2D eigenvalue weighted by molar-refractivity contribution is 5.87. The first-order valence-corrected chi connectivity index (χ1v) is 20.1. The molecule has 13 nitrogen and oxygen atoms in total. The van der Waals surface area contributed by atoms with Crippen molar-refractivity contribution in [3.63, 3.8) is 0 Å². The zero-order valence-electron chi connectivity index (χ0n) is 31.5. The summed E-state index contributed by atoms with van der Waals surface area (Å²) in [6.45, 7) is 12.7. The van der Waals surface area contributed by atoms with Gasteiger partial charge in [0, 0.05) is 12.3 Å². The second-order valence-electron chi connectivity index (χ2n) is 18.8. The fourth-order valence-corrected chi connectivity index (χ4v) is 13.1. The molecule has 6 N–H and O–H groups in total. The van der Waals surface area contributed by atoms with Gasteiger partial charge in [-0.05, 0) is 105 Å². The third-order valence-electron chi connectivity index (χ3n) is 15.9. The number of ketones is 1. The van der Waals surface area contributed by atoms with Crippen LogP contribution in [0.15, 0.2) is 0 Å². The Balaban J connectivity index is 1.04. The van der Waals surface area contributed by atoms with Crippen LogP contribution in [0.1, 0.15) is 92.9 Å². The van der Waals surface area contributed by atoms with Crippen LogP contribution in [-0.2, 0) is 33.2 Å². The summed E-state index contributed by atoms with van der Waals surface area (Å²) in [6, 6.07) is 0. The average Bonchev–Trinajstić information content (AvgIpc) is 3.55. The van der Waals surface area contributed by atoms with E-state index in [0.29, 0.717) is 37.7 Å². The van der Waals surface area contributed by atoms with Crippen LogP contribution in [0.4, 0.5) is 0 Å². The second kappa shape index (κ2) is 13.4. The highest BCUT2D eigenvalue weighted by Crippen LogP contribution is 2.71. The number of aliphatic hydroxyl groups is 6. The molecule has 4 saturated heterocycles. The zero-order chi connectivity index (χ0) is 37.2. The maximum absolute atomic E-state index is 13.5. The Bertz CT molecular complexity index is 1350. The molecule has 4 heterocycles. The standard InChI is InChI=1S/C39H62O13/c1-16-11-27(41)39(47-15-16)17(2)28-26(52-39)14-23-21-13-25(24-12-20(40)7-9-37(24,5)22(21)8-10-38(23,28)6)50-36-33(46)34(30(43)19(4)49-36)51-35-32(45)31(44)29(42)18(3)48-35/h16-26,28-36,40,42-46H,7-15H2,1-6H3/t16-,17-,18-,19+,20-,21+,22-,23-,24+,25-,26-,28-,29-,30+,31+,32+,33+,34-,35-,36-,37+,38-,39-/m0/s1. The van der Waals surface area contributed by atoms with Crippen LogP contribution in [0.3, 0.4) is 0 Å². The summed E-state index contributed by atoms with van der Waals surface area (Å²) in [5, 5.41) is 65.0. The molecular weight excluding hydrogens is 676 g/mol. The smallest absolute Gasteiger partial charge is 0.232 e. The normalized spacial score (nSPS) is 60.5. The fourth-order valence-electron chi connectivity index (χ4n) is 13.1. The van der Waals surface area contributed by atoms with E-state index < -0.39 is 73.3 Å². The summed E-state index contributed by atoms with van der Waals surface area (Å²) in [4.78, 5) is 13.5. The Morgan fingerprint density at radius 2 is 1.38 bits per heavy atom.